The van der Waals surface area contributed by atoms with E-state index in [9.17, 15) is 4.79 Å². The van der Waals surface area contributed by atoms with Gasteiger partial charge in [-0.05, 0) is 29.8 Å². The van der Waals surface area contributed by atoms with Gasteiger partial charge in [-0.1, -0.05) is 42.5 Å². The molecule has 0 bridgehead atoms. The summed E-state index contributed by atoms with van der Waals surface area (Å²) in [6, 6.07) is 24.0. The zero-order valence-electron chi connectivity index (χ0n) is 15.0. The molecule has 3 aromatic carbocycles. The van der Waals surface area contributed by atoms with E-state index in [0.29, 0.717) is 34.9 Å². The summed E-state index contributed by atoms with van der Waals surface area (Å²) < 4.78 is 11.2. The maximum absolute atomic E-state index is 12.0. The van der Waals surface area contributed by atoms with Gasteiger partial charge in [-0.3, -0.25) is 4.99 Å². The molecular formula is C23H18N2O3. The van der Waals surface area contributed by atoms with E-state index in [4.69, 9.17) is 14.9 Å². The fourth-order valence-corrected chi connectivity index (χ4v) is 2.85. The van der Waals surface area contributed by atoms with Crippen LogP contribution >= 0.6 is 0 Å². The summed E-state index contributed by atoms with van der Waals surface area (Å²) >= 11 is 0. The van der Waals surface area contributed by atoms with E-state index in [0.717, 1.165) is 10.9 Å². The van der Waals surface area contributed by atoms with E-state index in [-0.39, 0.29) is 0 Å². The van der Waals surface area contributed by atoms with Crippen LogP contribution in [0.5, 0.6) is 5.75 Å². The van der Waals surface area contributed by atoms with Gasteiger partial charge in [0.2, 0.25) is 0 Å². The van der Waals surface area contributed by atoms with Crippen LogP contribution < -0.4 is 16.1 Å². The Morgan fingerprint density at radius 3 is 2.57 bits per heavy atom. The summed E-state index contributed by atoms with van der Waals surface area (Å²) in [5, 5.41) is 0.768. The zero-order chi connectivity index (χ0) is 19.3. The second kappa shape index (κ2) is 7.80. The van der Waals surface area contributed by atoms with Crippen LogP contribution in [0.1, 0.15) is 11.1 Å². The van der Waals surface area contributed by atoms with Crippen molar-refractivity contribution in [2.24, 2.45) is 4.99 Å². The molecule has 5 heteroatoms. The van der Waals surface area contributed by atoms with E-state index in [1.54, 1.807) is 18.3 Å². The normalized spacial score (nSPS) is 11.1. The summed E-state index contributed by atoms with van der Waals surface area (Å²) in [4.78, 5) is 16.4. The number of rotatable bonds is 5. The zero-order valence-corrected chi connectivity index (χ0v) is 15.0. The first-order chi connectivity index (χ1) is 13.7. The maximum atomic E-state index is 12.0. The van der Waals surface area contributed by atoms with E-state index in [1.807, 2.05) is 60.7 Å². The lowest BCUT2D eigenvalue weighted by Crippen LogP contribution is -2.01. The smallest absolute Gasteiger partial charge is 0.336 e. The standard InChI is InChI=1S/C23H18N2O3/c24-20-8-4-5-9-21(20)25-14-17-12-23(26)28-22-13-18(10-11-19(17)22)27-15-16-6-2-1-3-7-16/h1-14H,15,24H2. The molecular weight excluding hydrogens is 352 g/mol. The van der Waals surface area contributed by atoms with Crippen molar-refractivity contribution in [1.29, 1.82) is 0 Å². The van der Waals surface area contributed by atoms with Gasteiger partial charge in [-0.2, -0.15) is 0 Å². The minimum absolute atomic E-state index is 0.436. The lowest BCUT2D eigenvalue weighted by atomic mass is 10.1. The first-order valence-corrected chi connectivity index (χ1v) is 8.82. The molecule has 0 amide bonds. The van der Waals surface area contributed by atoms with E-state index in [1.165, 1.54) is 6.07 Å². The Morgan fingerprint density at radius 1 is 0.964 bits per heavy atom. The molecule has 0 saturated heterocycles. The van der Waals surface area contributed by atoms with E-state index < -0.39 is 5.63 Å². The molecule has 0 atom stereocenters. The van der Waals surface area contributed by atoms with Crippen molar-refractivity contribution in [3.63, 3.8) is 0 Å². The van der Waals surface area contributed by atoms with Crippen molar-refractivity contribution in [3.8, 4) is 5.75 Å². The van der Waals surface area contributed by atoms with Crippen molar-refractivity contribution >= 4 is 28.6 Å². The maximum Gasteiger partial charge on any atom is 0.336 e. The largest absolute Gasteiger partial charge is 0.489 e. The summed E-state index contributed by atoms with van der Waals surface area (Å²) in [6.45, 7) is 0.436. The number of hydrogen-bond donors (Lipinski definition) is 1. The van der Waals surface area contributed by atoms with E-state index >= 15 is 0 Å². The molecule has 0 aliphatic heterocycles. The minimum atomic E-state index is -0.449. The van der Waals surface area contributed by atoms with Crippen LogP contribution in [0, 0.1) is 0 Å². The Morgan fingerprint density at radius 2 is 1.75 bits per heavy atom. The number of nitrogen functional groups attached to an aromatic ring is 1. The van der Waals surface area contributed by atoms with Gasteiger partial charge in [-0.15, -0.1) is 0 Å². The minimum Gasteiger partial charge on any atom is -0.489 e. The van der Waals surface area contributed by atoms with Gasteiger partial charge >= 0.3 is 5.63 Å². The van der Waals surface area contributed by atoms with Crippen molar-refractivity contribution in [2.75, 3.05) is 5.73 Å². The second-order valence-electron chi connectivity index (χ2n) is 6.27. The molecule has 0 aliphatic rings. The number of benzene rings is 3. The van der Waals surface area contributed by atoms with Gasteiger partial charge in [-0.25, -0.2) is 4.79 Å². The van der Waals surface area contributed by atoms with Crippen LogP contribution in [0.2, 0.25) is 0 Å². The van der Waals surface area contributed by atoms with Crippen LogP contribution in [0.25, 0.3) is 11.0 Å². The molecule has 138 valence electrons. The van der Waals surface area contributed by atoms with Crippen LogP contribution in [-0.2, 0) is 6.61 Å². The SMILES string of the molecule is Nc1ccccc1N=Cc1cc(=O)oc2cc(OCc3ccccc3)ccc12. The molecule has 0 fully saturated rings. The lowest BCUT2D eigenvalue weighted by molar-refractivity contribution is 0.306. The summed E-state index contributed by atoms with van der Waals surface area (Å²) in [5.41, 5.74) is 8.85. The van der Waals surface area contributed by atoms with E-state index in [2.05, 4.69) is 4.99 Å². The third kappa shape index (κ3) is 3.94. The highest BCUT2D eigenvalue weighted by molar-refractivity contribution is 5.98. The van der Waals surface area contributed by atoms with Crippen molar-refractivity contribution < 1.29 is 9.15 Å². The number of para-hydroxylation sites is 2. The van der Waals surface area contributed by atoms with Crippen molar-refractivity contribution in [3.05, 3.63) is 100 Å². The molecule has 4 rings (SSSR count). The van der Waals surface area contributed by atoms with Crippen LogP contribution in [0.4, 0.5) is 11.4 Å². The molecule has 28 heavy (non-hydrogen) atoms. The third-order valence-electron chi connectivity index (χ3n) is 4.28. The van der Waals surface area contributed by atoms with Crippen molar-refractivity contribution in [1.82, 2.24) is 0 Å². The highest BCUT2D eigenvalue weighted by Crippen LogP contribution is 2.24. The molecule has 0 unspecified atom stereocenters. The Labute approximate surface area is 161 Å². The van der Waals surface area contributed by atoms with Gasteiger partial charge in [0.05, 0.1) is 11.4 Å². The monoisotopic (exact) mass is 370 g/mol. The number of anilines is 1. The number of hydrogen-bond acceptors (Lipinski definition) is 5. The number of nitrogens with zero attached hydrogens (tertiary/aromatic N) is 1. The number of fused-ring (bicyclic) bond motifs is 1. The van der Waals surface area contributed by atoms with Gasteiger partial charge in [0.1, 0.15) is 17.9 Å². The van der Waals surface area contributed by atoms with Gasteiger partial charge in [0, 0.05) is 29.3 Å². The fraction of sp³-hybridized carbons (Fsp3) is 0.0435. The highest BCUT2D eigenvalue weighted by atomic mass is 16.5. The summed E-state index contributed by atoms with van der Waals surface area (Å²) in [6.07, 6.45) is 1.62. The fourth-order valence-electron chi connectivity index (χ4n) is 2.85. The molecule has 0 saturated carbocycles. The lowest BCUT2D eigenvalue weighted by Gasteiger charge is -2.08. The summed E-state index contributed by atoms with van der Waals surface area (Å²) in [7, 11) is 0. The molecule has 0 aliphatic carbocycles. The topological polar surface area (TPSA) is 77.8 Å². The Balaban J connectivity index is 1.63. The predicted molar refractivity (Wildman–Crippen MR) is 111 cm³/mol. The quantitative estimate of drug-likeness (QED) is 0.314. The molecule has 0 radical (unpaired) electrons. The first kappa shape index (κ1) is 17.5. The highest BCUT2D eigenvalue weighted by Gasteiger charge is 2.07. The van der Waals surface area contributed by atoms with Gasteiger partial charge < -0.3 is 14.9 Å². The average Bonchev–Trinajstić information content (AvgIpc) is 2.72. The average molecular weight is 370 g/mol. The molecule has 1 aromatic heterocycles. The molecule has 4 aromatic rings. The van der Waals surface area contributed by atoms with Gasteiger partial charge in [0.15, 0.2) is 0 Å². The second-order valence-corrected chi connectivity index (χ2v) is 6.27. The Kier molecular flexibility index (Phi) is 4.89. The van der Waals surface area contributed by atoms with Crippen LogP contribution in [0.3, 0.4) is 0 Å². The van der Waals surface area contributed by atoms with Crippen molar-refractivity contribution in [2.45, 2.75) is 6.61 Å². The first-order valence-electron chi connectivity index (χ1n) is 8.82. The van der Waals surface area contributed by atoms with Crippen LogP contribution in [0.15, 0.2) is 93.1 Å². The molecule has 0 spiro atoms. The van der Waals surface area contributed by atoms with Gasteiger partial charge in [0.25, 0.3) is 0 Å². The number of nitrogens with two attached hydrogens (primary N) is 1. The molecule has 5 nitrogen and oxygen atoms in total. The molecule has 1 heterocycles. The number of aliphatic imine (C=N–C) groups is 1. The Bertz CT molecular complexity index is 1200. The predicted octanol–water partition coefficient (Wildman–Crippen LogP) is 4.70. The summed E-state index contributed by atoms with van der Waals surface area (Å²) in [5.74, 6) is 0.626. The van der Waals surface area contributed by atoms with Crippen LogP contribution in [-0.4, -0.2) is 6.21 Å². The number of ether oxygens (including phenoxy) is 1. The third-order valence-corrected chi connectivity index (χ3v) is 4.28. The Hall–Kier alpha value is -3.86. The molecule has 2 N–H and O–H groups in total.